The number of amides is 12. The Bertz CT molecular complexity index is 3800. The van der Waals surface area contributed by atoms with Crippen molar-refractivity contribution in [3.8, 4) is 5.75 Å². The molecule has 0 unspecified atom stereocenters. The minimum Gasteiger partial charge on any atom is -0.410 e. The number of Topliss-reactive ketones (excluding diaryl/α,β-unsaturated/α-hetero) is 3. The molecule has 7 N–H and O–H groups in total. The quantitative estimate of drug-likeness (QED) is 0.0273. The molecule has 0 saturated carbocycles. The summed E-state index contributed by atoms with van der Waals surface area (Å²) in [7, 11) is 6.26. The minimum absolute atomic E-state index is 0.0179. The molecular formula is C83H122N12O19S. The second kappa shape index (κ2) is 47.1. The van der Waals surface area contributed by atoms with E-state index in [-0.39, 0.29) is 169 Å². The number of ketones is 3. The molecule has 0 bridgehead atoms. The van der Waals surface area contributed by atoms with Gasteiger partial charge in [0.2, 0.25) is 41.4 Å². The van der Waals surface area contributed by atoms with Crippen LogP contribution in [0.25, 0.3) is 0 Å². The molecule has 0 aliphatic carbocycles. The number of aliphatic hydroxyl groups excluding tert-OH is 1. The first-order valence-electron chi connectivity index (χ1n) is 40.1. The number of carbonyl (C=O) groups is 14. The summed E-state index contributed by atoms with van der Waals surface area (Å²) in [4.78, 5) is 204. The lowest BCUT2D eigenvalue weighted by molar-refractivity contribution is -0.148. The number of likely N-dealkylation sites (N-methyl/N-ethyl adjacent to an activating group) is 3. The van der Waals surface area contributed by atoms with Crippen LogP contribution in [0.3, 0.4) is 0 Å². The predicted octanol–water partition coefficient (Wildman–Crippen LogP) is 6.13. The van der Waals surface area contributed by atoms with Gasteiger partial charge >= 0.3 is 12.1 Å². The van der Waals surface area contributed by atoms with E-state index in [9.17, 15) is 62.6 Å². The van der Waals surface area contributed by atoms with Crippen LogP contribution in [0.15, 0.2) is 72.3 Å². The van der Waals surface area contributed by atoms with Crippen LogP contribution in [0.4, 0.5) is 15.3 Å². The fraction of sp³-hybridized carbons (Fsp3) is 0.627. The second-order valence-corrected chi connectivity index (χ2v) is 32.3. The number of thiazole rings is 1. The summed E-state index contributed by atoms with van der Waals surface area (Å²) in [5.74, 6) is -10.3. The first kappa shape index (κ1) is 94.6. The molecule has 3 aliphatic rings. The van der Waals surface area contributed by atoms with Crippen molar-refractivity contribution in [3.63, 3.8) is 0 Å². The number of carbonyl (C=O) groups excluding carboxylic acids is 14. The summed E-state index contributed by atoms with van der Waals surface area (Å²) < 4.78 is 23.4. The van der Waals surface area contributed by atoms with Gasteiger partial charge in [-0.25, -0.2) is 14.6 Å². The maximum Gasteiger partial charge on any atom is 0.415 e. The molecule has 115 heavy (non-hydrogen) atoms. The van der Waals surface area contributed by atoms with Crippen LogP contribution < -0.4 is 31.7 Å². The van der Waals surface area contributed by atoms with Crippen LogP contribution in [0.1, 0.15) is 155 Å². The zero-order valence-electron chi connectivity index (χ0n) is 69.1. The number of benzene rings is 2. The third kappa shape index (κ3) is 28.6. The van der Waals surface area contributed by atoms with Gasteiger partial charge in [-0.1, -0.05) is 105 Å². The van der Waals surface area contributed by atoms with E-state index in [1.165, 1.54) is 43.7 Å². The van der Waals surface area contributed by atoms with E-state index in [1.807, 2.05) is 70.3 Å². The number of anilines is 1. The highest BCUT2D eigenvalue weighted by Gasteiger charge is 2.44. The van der Waals surface area contributed by atoms with Crippen LogP contribution in [0.2, 0.25) is 0 Å². The third-order valence-corrected chi connectivity index (χ3v) is 22.9. The van der Waals surface area contributed by atoms with Crippen molar-refractivity contribution >= 4 is 99.7 Å². The number of imide groups is 2. The van der Waals surface area contributed by atoms with Gasteiger partial charge in [0.1, 0.15) is 11.5 Å². The van der Waals surface area contributed by atoms with Gasteiger partial charge in [-0.15, -0.1) is 11.3 Å². The normalized spacial score (nSPS) is 17.1. The Labute approximate surface area is 679 Å². The Hall–Kier alpha value is -9.21. The van der Waals surface area contributed by atoms with Gasteiger partial charge in [0, 0.05) is 176 Å². The van der Waals surface area contributed by atoms with Crippen molar-refractivity contribution in [1.29, 1.82) is 0 Å². The maximum atomic E-state index is 15.2. The SMILES string of the molecule is CC[C@H](C)[C@@H]([C@@H](CC(=O)N1CCC[C@H]1[C@H](CO)[C@@H](C)C(=O)C[C@@H](Cc1ccccc1)c1nccs1)OC)N(C)C(=O)[C@@H](CC(=O)[C@H](C(C)C)N(C)C(=O)Oc1cc(NC(=O)[C@H](CCCNC(N)=O)CC(=O)[C@@H](NC(=O)CCOCCOCCNC(=O)CCN2C(=O)C=CC2=O)C(C)C)ccc1CC(=O)N1CCN(C)CC1=O)C(C)C. The summed E-state index contributed by atoms with van der Waals surface area (Å²) in [6.07, 6.45) is 3.57. The fourth-order valence-corrected chi connectivity index (χ4v) is 15.9. The number of aliphatic hydroxyl groups is 1. The zero-order valence-corrected chi connectivity index (χ0v) is 69.9. The molecule has 1 aromatic heterocycles. The number of aromatic nitrogens is 1. The molecule has 2 aromatic carbocycles. The summed E-state index contributed by atoms with van der Waals surface area (Å²) in [6, 6.07) is 9.97. The summed E-state index contributed by atoms with van der Waals surface area (Å²) >= 11 is 1.50. The van der Waals surface area contributed by atoms with E-state index in [0.29, 0.717) is 38.8 Å². The third-order valence-electron chi connectivity index (χ3n) is 22.0. The predicted molar refractivity (Wildman–Crippen MR) is 430 cm³/mol. The lowest BCUT2D eigenvalue weighted by atomic mass is 9.80. The van der Waals surface area contributed by atoms with Gasteiger partial charge in [-0.05, 0) is 74.5 Å². The van der Waals surface area contributed by atoms with E-state index in [4.69, 9.17) is 24.7 Å². The molecule has 3 aromatic rings. The van der Waals surface area contributed by atoms with Crippen molar-refractivity contribution in [1.82, 2.24) is 50.3 Å². The number of ether oxygens (including phenoxy) is 4. The van der Waals surface area contributed by atoms with Crippen molar-refractivity contribution < 1.29 is 91.2 Å². The number of urea groups is 1. The van der Waals surface area contributed by atoms with Crippen LogP contribution >= 0.6 is 11.3 Å². The van der Waals surface area contributed by atoms with Crippen molar-refractivity contribution in [2.75, 3.05) is 112 Å². The van der Waals surface area contributed by atoms with Gasteiger partial charge < -0.3 is 65.8 Å². The molecule has 634 valence electrons. The van der Waals surface area contributed by atoms with Crippen molar-refractivity contribution in [2.24, 2.45) is 53.1 Å². The minimum atomic E-state index is -1.19. The lowest BCUT2D eigenvalue weighted by Gasteiger charge is -2.41. The molecule has 31 nitrogen and oxygen atoms in total. The lowest BCUT2D eigenvalue weighted by Crippen LogP contribution is -2.54. The number of rotatable bonds is 49. The van der Waals surface area contributed by atoms with Crippen LogP contribution in [0.5, 0.6) is 5.75 Å². The highest BCUT2D eigenvalue weighted by molar-refractivity contribution is 7.09. The number of methoxy groups -OCH3 is 1. The number of hydrogen-bond acceptors (Lipinski definition) is 22. The topological polar surface area (TPSA) is 403 Å². The zero-order chi connectivity index (χ0) is 84.8. The number of nitrogens with two attached hydrogens (primary N) is 1. The largest absolute Gasteiger partial charge is 0.415 e. The molecule has 2 fully saturated rings. The number of primary amides is 1. The molecule has 0 radical (unpaired) electrons. The van der Waals surface area contributed by atoms with Gasteiger partial charge in [0.15, 0.2) is 11.6 Å². The summed E-state index contributed by atoms with van der Waals surface area (Å²) in [6.45, 7) is 17.4. The Balaban J connectivity index is 1.13. The van der Waals surface area contributed by atoms with Crippen LogP contribution in [-0.4, -0.2) is 260 Å². The monoisotopic (exact) mass is 1620 g/mol. The highest BCUT2D eigenvalue weighted by atomic mass is 32.1. The molecule has 32 heteroatoms. The van der Waals surface area contributed by atoms with E-state index in [1.54, 1.807) is 62.7 Å². The van der Waals surface area contributed by atoms with E-state index < -0.39 is 137 Å². The van der Waals surface area contributed by atoms with Crippen LogP contribution in [0, 0.1) is 47.3 Å². The molecule has 2 saturated heterocycles. The average Bonchev–Trinajstić information content (AvgIpc) is 1.79. The molecule has 11 atom stereocenters. The Morgan fingerprint density at radius 3 is 2.06 bits per heavy atom. The number of hydrogen-bond donors (Lipinski definition) is 6. The molecule has 12 amide bonds. The fourth-order valence-electron chi connectivity index (χ4n) is 15.2. The number of likely N-dealkylation sites (tertiary alicyclic amines) is 1. The van der Waals surface area contributed by atoms with E-state index >= 15 is 9.59 Å². The maximum absolute atomic E-state index is 15.2. The second-order valence-electron chi connectivity index (χ2n) is 31.3. The Morgan fingerprint density at radius 1 is 0.748 bits per heavy atom. The number of piperazine rings is 1. The molecule has 0 spiro atoms. The van der Waals surface area contributed by atoms with Crippen molar-refractivity contribution in [3.05, 3.63) is 88.4 Å². The molecule has 6 rings (SSSR count). The summed E-state index contributed by atoms with van der Waals surface area (Å²) in [5.41, 5.74) is 6.61. The number of nitrogens with one attached hydrogen (secondary N) is 4. The highest BCUT2D eigenvalue weighted by Crippen LogP contribution is 2.36. The van der Waals surface area contributed by atoms with Crippen LogP contribution in [-0.2, 0) is 84.6 Å². The van der Waals surface area contributed by atoms with E-state index in [0.717, 1.165) is 37.4 Å². The molecule has 3 aliphatic heterocycles. The molecule has 4 heterocycles. The summed E-state index contributed by atoms with van der Waals surface area (Å²) in [5, 5.41) is 24.5. The van der Waals surface area contributed by atoms with Gasteiger partial charge in [0.05, 0.1) is 75.1 Å². The average molecular weight is 1620 g/mol. The van der Waals surface area contributed by atoms with Gasteiger partial charge in [-0.2, -0.15) is 0 Å². The number of nitrogens with zero attached hydrogens (tertiary/aromatic N) is 7. The Morgan fingerprint density at radius 2 is 1.44 bits per heavy atom. The van der Waals surface area contributed by atoms with Gasteiger partial charge in [0.25, 0.3) is 11.8 Å². The van der Waals surface area contributed by atoms with Crippen molar-refractivity contribution in [2.45, 2.75) is 182 Å². The first-order valence-corrected chi connectivity index (χ1v) is 41.0. The van der Waals surface area contributed by atoms with E-state index in [2.05, 4.69) is 26.3 Å². The standard InChI is InChI=1S/C83H122N12O19S/c1-14-54(8)78(68(111-13)48-74(105)93-33-19-23-63(93)62(50-96)55(9)64(97)44-59(80-86-32-41-115-80)42-56-20-16-15-17-21-56)91(11)81(108)61(51(2)3)47-66(99)77(53(6)7)92(12)83(110)114-67-46-60(25-24-57(67)45-73(104)95-36-35-90(10)49-75(95)106)88-79(107)58(22-18-30-87-82(84)109)43-65(98)76(52(4)5)89-70(101)29-37-112-39-40-113-38-31-85-69(100)28-34-94-71(102)26-27-72(94)103/h15-17,20-21,24-27,32,41,46,51-55,58-59,61-63,68,76-78,96H,14,18-19,22-23,28-31,33-40,42-45,47-50H2,1-13H3,(H,85,100)(H,88,107)(H,89,101)(H3,84,87,109)/t54-,55+,58+,59+,61-,62+,63-,68+,76-,77-,78-/m0/s1. The molecular weight excluding hydrogens is 1500 g/mol. The first-order chi connectivity index (χ1) is 54.7. The Kier molecular flexibility index (Phi) is 38.8. The van der Waals surface area contributed by atoms with Gasteiger partial charge in [-0.3, -0.25) is 72.2 Å². The smallest absolute Gasteiger partial charge is 0.410 e.